The van der Waals surface area contributed by atoms with Crippen molar-refractivity contribution in [1.29, 1.82) is 0 Å². The number of rotatable bonds is 3. The first-order valence-electron chi connectivity index (χ1n) is 8.00. The van der Waals surface area contributed by atoms with Crippen molar-refractivity contribution in [2.24, 2.45) is 5.14 Å². The van der Waals surface area contributed by atoms with E-state index in [4.69, 9.17) is 5.14 Å². The molecule has 3 rings (SSSR count). The highest BCUT2D eigenvalue weighted by Gasteiger charge is 2.33. The van der Waals surface area contributed by atoms with Gasteiger partial charge in [0, 0.05) is 18.3 Å². The Labute approximate surface area is 137 Å². The van der Waals surface area contributed by atoms with Gasteiger partial charge in [0.25, 0.3) is 0 Å². The zero-order valence-electron chi connectivity index (χ0n) is 13.3. The minimum Gasteiger partial charge on any atom is -0.308 e. The number of fused-ring (bicyclic) bond motifs is 1. The van der Waals surface area contributed by atoms with Crippen LogP contribution in [0.5, 0.6) is 0 Å². The van der Waals surface area contributed by atoms with Crippen molar-refractivity contribution < 1.29 is 13.2 Å². The van der Waals surface area contributed by atoms with Gasteiger partial charge >= 0.3 is 0 Å². The lowest BCUT2D eigenvalue weighted by Gasteiger charge is -2.33. The number of amides is 1. The molecule has 2 atom stereocenters. The van der Waals surface area contributed by atoms with Crippen molar-refractivity contribution in [3.05, 3.63) is 29.8 Å². The summed E-state index contributed by atoms with van der Waals surface area (Å²) in [5.74, 6) is 0.0255. The van der Waals surface area contributed by atoms with E-state index >= 15 is 0 Å². The average Bonchev–Trinajstić information content (AvgIpc) is 2.82. The van der Waals surface area contributed by atoms with Gasteiger partial charge in [-0.05, 0) is 44.4 Å². The second kappa shape index (κ2) is 6.22. The molecule has 1 aromatic rings. The zero-order valence-corrected chi connectivity index (χ0v) is 14.1. The molecule has 0 bridgehead atoms. The Bertz CT molecular complexity index is 704. The number of nitrogens with two attached hydrogens (primary N) is 1. The lowest BCUT2D eigenvalue weighted by atomic mass is 10.1. The number of benzene rings is 1. The highest BCUT2D eigenvalue weighted by atomic mass is 32.2. The molecule has 2 heterocycles. The van der Waals surface area contributed by atoms with Gasteiger partial charge in [-0.3, -0.25) is 9.69 Å². The van der Waals surface area contributed by atoms with Crippen LogP contribution in [0.3, 0.4) is 0 Å². The first-order valence-corrected chi connectivity index (χ1v) is 9.61. The van der Waals surface area contributed by atoms with Crippen LogP contribution < -0.4 is 10.0 Å². The second-order valence-corrected chi connectivity index (χ2v) is 8.38. The lowest BCUT2D eigenvalue weighted by Crippen LogP contribution is -2.49. The van der Waals surface area contributed by atoms with Crippen LogP contribution in [0.4, 0.5) is 5.69 Å². The van der Waals surface area contributed by atoms with Gasteiger partial charge < -0.3 is 4.90 Å². The Hall–Kier alpha value is -1.44. The van der Waals surface area contributed by atoms with Crippen molar-refractivity contribution >= 4 is 21.6 Å². The number of hydrogen-bond donors (Lipinski definition) is 1. The second-order valence-electron chi connectivity index (χ2n) is 6.53. The summed E-state index contributed by atoms with van der Waals surface area (Å²) < 4.78 is 23.1. The monoisotopic (exact) mass is 337 g/mol. The maximum absolute atomic E-state index is 12.7. The highest BCUT2D eigenvalue weighted by molar-refractivity contribution is 7.89. The van der Waals surface area contributed by atoms with E-state index in [0.717, 1.165) is 25.1 Å². The number of sulfonamides is 1. The molecule has 2 N–H and O–H groups in total. The molecule has 0 radical (unpaired) electrons. The fourth-order valence-corrected chi connectivity index (χ4v) is 4.55. The number of piperidine rings is 1. The summed E-state index contributed by atoms with van der Waals surface area (Å²) >= 11 is 0. The smallest absolute Gasteiger partial charge is 0.241 e. The molecule has 2 unspecified atom stereocenters. The summed E-state index contributed by atoms with van der Waals surface area (Å²) in [6.07, 6.45) is 2.19. The third-order valence-corrected chi connectivity index (χ3v) is 6.08. The van der Waals surface area contributed by atoms with Crippen molar-refractivity contribution in [3.8, 4) is 0 Å². The van der Waals surface area contributed by atoms with Crippen LogP contribution in [-0.4, -0.2) is 50.2 Å². The first kappa shape index (κ1) is 16.4. The fraction of sp³-hybridized carbons (Fsp3) is 0.562. The van der Waals surface area contributed by atoms with E-state index in [1.165, 1.54) is 5.56 Å². The number of anilines is 1. The maximum Gasteiger partial charge on any atom is 0.241 e. The molecule has 2 aliphatic rings. The molecule has 7 heteroatoms. The summed E-state index contributed by atoms with van der Waals surface area (Å²) in [6.45, 7) is 3.36. The number of likely N-dealkylation sites (tertiary alicyclic amines) is 1. The standard InChI is InChI=1S/C16H23N3O3S/c1-12-9-13-5-2-3-7-15(13)19(12)16(20)11-18-8-4-6-14(10-18)23(17,21)22/h2-3,5,7,12,14H,4,6,8-11H2,1H3,(H2,17,21,22). The maximum atomic E-state index is 12.7. The number of para-hydroxylation sites is 1. The fourth-order valence-electron chi connectivity index (χ4n) is 3.64. The average molecular weight is 337 g/mol. The van der Waals surface area contributed by atoms with Gasteiger partial charge in [0.2, 0.25) is 15.9 Å². The highest BCUT2D eigenvalue weighted by Crippen LogP contribution is 2.32. The van der Waals surface area contributed by atoms with E-state index in [-0.39, 0.29) is 18.5 Å². The first-order chi connectivity index (χ1) is 10.9. The summed E-state index contributed by atoms with van der Waals surface area (Å²) in [7, 11) is -3.54. The number of nitrogens with zero attached hydrogens (tertiary/aromatic N) is 2. The van der Waals surface area contributed by atoms with Gasteiger partial charge in [-0.15, -0.1) is 0 Å². The van der Waals surface area contributed by atoms with Gasteiger partial charge in [0.1, 0.15) is 0 Å². The summed E-state index contributed by atoms with van der Waals surface area (Å²) in [4.78, 5) is 16.5. The molecule has 0 aliphatic carbocycles. The summed E-state index contributed by atoms with van der Waals surface area (Å²) in [5, 5.41) is 4.70. The van der Waals surface area contributed by atoms with Crippen LogP contribution in [0.25, 0.3) is 0 Å². The van der Waals surface area contributed by atoms with Crippen molar-refractivity contribution in [1.82, 2.24) is 4.90 Å². The van der Waals surface area contributed by atoms with Gasteiger partial charge in [0.05, 0.1) is 11.8 Å². The topological polar surface area (TPSA) is 83.7 Å². The molecule has 2 aliphatic heterocycles. The van der Waals surface area contributed by atoms with Crippen LogP contribution in [0.1, 0.15) is 25.3 Å². The van der Waals surface area contributed by atoms with E-state index in [1.54, 1.807) is 0 Å². The Morgan fingerprint density at radius 3 is 2.83 bits per heavy atom. The molecule has 0 saturated carbocycles. The zero-order chi connectivity index (χ0) is 16.6. The van der Waals surface area contributed by atoms with Crippen LogP contribution in [0, 0.1) is 0 Å². The van der Waals surface area contributed by atoms with Crippen LogP contribution >= 0.6 is 0 Å². The molecule has 1 aromatic carbocycles. The summed E-state index contributed by atoms with van der Waals surface area (Å²) in [5.41, 5.74) is 2.17. The molecule has 0 spiro atoms. The normalized spacial score (nSPS) is 25.4. The molecule has 23 heavy (non-hydrogen) atoms. The molecule has 6 nitrogen and oxygen atoms in total. The molecule has 0 aromatic heterocycles. The number of carbonyl (C=O) groups excluding carboxylic acids is 1. The Balaban J connectivity index is 1.70. The van der Waals surface area contributed by atoms with Crippen molar-refractivity contribution in [2.45, 2.75) is 37.5 Å². The third-order valence-electron chi connectivity index (χ3n) is 4.76. The van der Waals surface area contributed by atoms with Crippen molar-refractivity contribution in [2.75, 3.05) is 24.5 Å². The van der Waals surface area contributed by atoms with Gasteiger partial charge in [-0.2, -0.15) is 0 Å². The number of carbonyl (C=O) groups is 1. The summed E-state index contributed by atoms with van der Waals surface area (Å²) in [6, 6.07) is 8.09. The molecule has 1 saturated heterocycles. The van der Waals surface area contributed by atoms with Crippen LogP contribution in [-0.2, 0) is 21.2 Å². The Morgan fingerprint density at radius 1 is 1.35 bits per heavy atom. The van der Waals surface area contributed by atoms with Crippen LogP contribution in [0.15, 0.2) is 24.3 Å². The van der Waals surface area contributed by atoms with Crippen molar-refractivity contribution in [3.63, 3.8) is 0 Å². The van der Waals surface area contributed by atoms with Crippen LogP contribution in [0.2, 0.25) is 0 Å². The van der Waals surface area contributed by atoms with E-state index in [2.05, 4.69) is 6.07 Å². The van der Waals surface area contributed by atoms with Gasteiger partial charge in [0.15, 0.2) is 0 Å². The quantitative estimate of drug-likeness (QED) is 0.881. The molecule has 1 fully saturated rings. The SMILES string of the molecule is CC1Cc2ccccc2N1C(=O)CN1CCCC(S(N)(=O)=O)C1. The Morgan fingerprint density at radius 2 is 2.09 bits per heavy atom. The Kier molecular flexibility index (Phi) is 4.44. The van der Waals surface area contributed by atoms with Gasteiger partial charge in [-0.25, -0.2) is 13.6 Å². The molecule has 1 amide bonds. The number of hydrogen-bond acceptors (Lipinski definition) is 4. The van der Waals surface area contributed by atoms with E-state index in [9.17, 15) is 13.2 Å². The number of primary sulfonamides is 1. The molecule has 126 valence electrons. The lowest BCUT2D eigenvalue weighted by molar-refractivity contribution is -0.120. The molecular formula is C16H23N3O3S. The third kappa shape index (κ3) is 3.41. The minimum atomic E-state index is -3.54. The van der Waals surface area contributed by atoms with E-state index in [0.29, 0.717) is 13.0 Å². The van der Waals surface area contributed by atoms with E-state index in [1.807, 2.05) is 34.9 Å². The predicted octanol–water partition coefficient (Wildman–Crippen LogP) is 0.717. The van der Waals surface area contributed by atoms with Gasteiger partial charge in [-0.1, -0.05) is 18.2 Å². The predicted molar refractivity (Wildman–Crippen MR) is 89.7 cm³/mol. The largest absolute Gasteiger partial charge is 0.308 e. The molecular weight excluding hydrogens is 314 g/mol. The minimum absolute atomic E-state index is 0.0255. The van der Waals surface area contributed by atoms with E-state index < -0.39 is 15.3 Å².